The van der Waals surface area contributed by atoms with Crippen LogP contribution in [0.4, 0.5) is 0 Å². The number of hydrogen-bond acceptors (Lipinski definition) is 4. The van der Waals surface area contributed by atoms with Gasteiger partial charge in [-0.2, -0.15) is 5.10 Å². The van der Waals surface area contributed by atoms with Gasteiger partial charge in [0.25, 0.3) is 0 Å². The molecule has 1 amide bonds. The van der Waals surface area contributed by atoms with Crippen LogP contribution in [0.25, 0.3) is 0 Å². The Kier molecular flexibility index (Phi) is 3.57. The van der Waals surface area contributed by atoms with E-state index in [2.05, 4.69) is 15.5 Å². The van der Waals surface area contributed by atoms with E-state index >= 15 is 0 Å². The van der Waals surface area contributed by atoms with E-state index in [1.54, 1.807) is 13.1 Å². The van der Waals surface area contributed by atoms with E-state index in [4.69, 9.17) is 0 Å². The highest BCUT2D eigenvalue weighted by molar-refractivity contribution is 7.11. The van der Waals surface area contributed by atoms with Crippen molar-refractivity contribution in [3.8, 4) is 0 Å². The number of rotatable bonds is 3. The summed E-state index contributed by atoms with van der Waals surface area (Å²) in [6, 6.07) is 0. The molecule has 0 bridgehead atoms. The SMILES string of the molecule is CCC(=O)N/N=C/c1nc(C)cs1. The molecule has 0 aromatic carbocycles. The molecule has 0 radical (unpaired) electrons. The lowest BCUT2D eigenvalue weighted by atomic mass is 10.5. The van der Waals surface area contributed by atoms with Crippen LogP contribution in [0.3, 0.4) is 0 Å². The molecule has 70 valence electrons. The van der Waals surface area contributed by atoms with E-state index < -0.39 is 0 Å². The summed E-state index contributed by atoms with van der Waals surface area (Å²) in [7, 11) is 0. The Labute approximate surface area is 80.7 Å². The maximum atomic E-state index is 10.8. The first-order chi connectivity index (χ1) is 6.22. The molecule has 1 aromatic rings. The second kappa shape index (κ2) is 4.71. The van der Waals surface area contributed by atoms with Gasteiger partial charge in [-0.15, -0.1) is 11.3 Å². The summed E-state index contributed by atoms with van der Waals surface area (Å²) in [5, 5.41) is 6.48. The van der Waals surface area contributed by atoms with Gasteiger partial charge >= 0.3 is 0 Å². The Morgan fingerprint density at radius 2 is 2.62 bits per heavy atom. The van der Waals surface area contributed by atoms with Crippen LogP contribution < -0.4 is 5.43 Å². The van der Waals surface area contributed by atoms with Crippen molar-refractivity contribution in [3.05, 3.63) is 16.1 Å². The van der Waals surface area contributed by atoms with Gasteiger partial charge in [-0.3, -0.25) is 4.79 Å². The topological polar surface area (TPSA) is 54.4 Å². The molecule has 1 rings (SSSR count). The van der Waals surface area contributed by atoms with Crippen LogP contribution in [0.2, 0.25) is 0 Å². The summed E-state index contributed by atoms with van der Waals surface area (Å²) < 4.78 is 0. The summed E-state index contributed by atoms with van der Waals surface area (Å²) in [5.74, 6) is -0.0930. The van der Waals surface area contributed by atoms with Gasteiger partial charge in [0, 0.05) is 17.5 Å². The van der Waals surface area contributed by atoms with Crippen molar-refractivity contribution in [1.29, 1.82) is 0 Å². The number of thiazole rings is 1. The van der Waals surface area contributed by atoms with E-state index in [9.17, 15) is 4.79 Å². The fourth-order valence-corrected chi connectivity index (χ4v) is 1.32. The summed E-state index contributed by atoms with van der Waals surface area (Å²) in [6.07, 6.45) is 1.99. The Bertz CT molecular complexity index is 319. The number of aromatic nitrogens is 1. The molecule has 0 aliphatic carbocycles. The quantitative estimate of drug-likeness (QED) is 0.586. The zero-order chi connectivity index (χ0) is 9.68. The molecule has 0 spiro atoms. The Balaban J connectivity index is 2.45. The molecule has 0 aliphatic heterocycles. The lowest BCUT2D eigenvalue weighted by molar-refractivity contribution is -0.120. The van der Waals surface area contributed by atoms with Gasteiger partial charge in [-0.1, -0.05) is 6.92 Å². The summed E-state index contributed by atoms with van der Waals surface area (Å²) in [5.41, 5.74) is 3.35. The number of carbonyl (C=O) groups excluding carboxylic acids is 1. The second-order valence-corrected chi connectivity index (χ2v) is 3.36. The Morgan fingerprint density at radius 3 is 3.15 bits per heavy atom. The molecule has 5 heteroatoms. The average Bonchev–Trinajstić information content (AvgIpc) is 2.51. The van der Waals surface area contributed by atoms with Gasteiger partial charge in [-0.05, 0) is 6.92 Å². The minimum atomic E-state index is -0.0930. The van der Waals surface area contributed by atoms with Crippen molar-refractivity contribution in [2.45, 2.75) is 20.3 Å². The smallest absolute Gasteiger partial charge is 0.239 e. The molecular formula is C8H11N3OS. The van der Waals surface area contributed by atoms with Crippen LogP contribution in [-0.2, 0) is 4.79 Å². The van der Waals surface area contributed by atoms with Crippen molar-refractivity contribution in [2.75, 3.05) is 0 Å². The van der Waals surface area contributed by atoms with Gasteiger partial charge in [0.2, 0.25) is 5.91 Å². The lowest BCUT2D eigenvalue weighted by Gasteiger charge is -1.91. The van der Waals surface area contributed by atoms with E-state index in [0.717, 1.165) is 10.7 Å². The highest BCUT2D eigenvalue weighted by atomic mass is 32.1. The molecule has 0 saturated carbocycles. The van der Waals surface area contributed by atoms with Crippen LogP contribution in [-0.4, -0.2) is 17.1 Å². The van der Waals surface area contributed by atoms with Crippen molar-refractivity contribution in [1.82, 2.24) is 10.4 Å². The number of carbonyl (C=O) groups is 1. The number of aryl methyl sites for hydroxylation is 1. The largest absolute Gasteiger partial charge is 0.273 e. The molecule has 1 aromatic heterocycles. The first-order valence-corrected chi connectivity index (χ1v) is 4.84. The summed E-state index contributed by atoms with van der Waals surface area (Å²) >= 11 is 1.50. The predicted octanol–water partition coefficient (Wildman–Crippen LogP) is 1.31. The number of hydrazone groups is 1. The maximum absolute atomic E-state index is 10.8. The molecule has 1 heterocycles. The third-order valence-electron chi connectivity index (χ3n) is 1.32. The van der Waals surface area contributed by atoms with E-state index in [0.29, 0.717) is 6.42 Å². The third-order valence-corrected chi connectivity index (χ3v) is 2.22. The van der Waals surface area contributed by atoms with Gasteiger partial charge in [-0.25, -0.2) is 10.4 Å². The van der Waals surface area contributed by atoms with Crippen LogP contribution in [0.1, 0.15) is 24.0 Å². The average molecular weight is 197 g/mol. The second-order valence-electron chi connectivity index (χ2n) is 2.47. The molecule has 0 saturated heterocycles. The Hall–Kier alpha value is -1.23. The van der Waals surface area contributed by atoms with Gasteiger partial charge in [0.05, 0.1) is 6.21 Å². The lowest BCUT2D eigenvalue weighted by Crippen LogP contribution is -2.15. The third kappa shape index (κ3) is 3.33. The van der Waals surface area contributed by atoms with Crippen LogP contribution in [0.5, 0.6) is 0 Å². The van der Waals surface area contributed by atoms with Gasteiger partial charge in [0.1, 0.15) is 5.01 Å². The highest BCUT2D eigenvalue weighted by Gasteiger charge is 1.94. The zero-order valence-corrected chi connectivity index (χ0v) is 8.39. The minimum Gasteiger partial charge on any atom is -0.273 e. The van der Waals surface area contributed by atoms with Gasteiger partial charge < -0.3 is 0 Å². The number of nitrogens with zero attached hydrogens (tertiary/aromatic N) is 2. The minimum absolute atomic E-state index is 0.0930. The van der Waals surface area contributed by atoms with E-state index in [1.807, 2.05) is 12.3 Å². The first kappa shape index (κ1) is 9.85. The van der Waals surface area contributed by atoms with Crippen molar-refractivity contribution in [3.63, 3.8) is 0 Å². The summed E-state index contributed by atoms with van der Waals surface area (Å²) in [4.78, 5) is 14.9. The number of amides is 1. The van der Waals surface area contributed by atoms with Crippen LogP contribution in [0.15, 0.2) is 10.5 Å². The Morgan fingerprint density at radius 1 is 1.85 bits per heavy atom. The van der Waals surface area contributed by atoms with Crippen molar-refractivity contribution >= 4 is 23.5 Å². The normalized spacial score (nSPS) is 10.6. The van der Waals surface area contributed by atoms with Crippen molar-refractivity contribution in [2.24, 2.45) is 5.10 Å². The molecule has 0 aliphatic rings. The standard InChI is InChI=1S/C8H11N3OS/c1-3-7(12)11-9-4-8-10-6(2)5-13-8/h4-5H,3H2,1-2H3,(H,11,12)/b9-4+. The van der Waals surface area contributed by atoms with Gasteiger partial charge in [0.15, 0.2) is 0 Å². The van der Waals surface area contributed by atoms with E-state index in [-0.39, 0.29) is 5.91 Å². The van der Waals surface area contributed by atoms with Crippen molar-refractivity contribution < 1.29 is 4.79 Å². The highest BCUT2D eigenvalue weighted by Crippen LogP contribution is 2.04. The molecule has 0 fully saturated rings. The fraction of sp³-hybridized carbons (Fsp3) is 0.375. The van der Waals surface area contributed by atoms with E-state index in [1.165, 1.54) is 11.3 Å². The molecule has 13 heavy (non-hydrogen) atoms. The molecule has 4 nitrogen and oxygen atoms in total. The number of hydrogen-bond donors (Lipinski definition) is 1. The predicted molar refractivity (Wildman–Crippen MR) is 52.9 cm³/mol. The fourth-order valence-electron chi connectivity index (χ4n) is 0.670. The molecular weight excluding hydrogens is 186 g/mol. The first-order valence-electron chi connectivity index (χ1n) is 3.96. The molecule has 1 N–H and O–H groups in total. The van der Waals surface area contributed by atoms with Crippen LogP contribution >= 0.6 is 11.3 Å². The maximum Gasteiger partial charge on any atom is 0.239 e. The monoisotopic (exact) mass is 197 g/mol. The zero-order valence-electron chi connectivity index (χ0n) is 7.57. The molecule has 0 unspecified atom stereocenters. The number of nitrogens with one attached hydrogen (secondary N) is 1. The summed E-state index contributed by atoms with van der Waals surface area (Å²) in [6.45, 7) is 3.69. The molecule has 0 atom stereocenters. The van der Waals surface area contributed by atoms with Crippen LogP contribution in [0, 0.1) is 6.92 Å².